The van der Waals surface area contributed by atoms with Gasteiger partial charge < -0.3 is 10.6 Å². The molecule has 7 nitrogen and oxygen atoms in total. The van der Waals surface area contributed by atoms with Crippen LogP contribution in [0.1, 0.15) is 24.2 Å². The van der Waals surface area contributed by atoms with Crippen molar-refractivity contribution in [3.63, 3.8) is 0 Å². The number of anilines is 2. The maximum absolute atomic E-state index is 12.4. The van der Waals surface area contributed by atoms with Crippen LogP contribution in [0.2, 0.25) is 0 Å². The number of nitrogens with one attached hydrogen (secondary N) is 2. The number of hydrogen-bond acceptors (Lipinski definition) is 4. The Kier molecular flexibility index (Phi) is 4.24. The maximum atomic E-state index is 12.4. The molecule has 24 heavy (non-hydrogen) atoms. The minimum Gasteiger partial charge on any atom is -0.326 e. The van der Waals surface area contributed by atoms with Crippen molar-refractivity contribution in [1.82, 2.24) is 15.0 Å². The quantitative estimate of drug-likeness (QED) is 0.772. The third kappa shape index (κ3) is 3.24. The molecule has 1 heterocycles. The molecule has 2 N–H and O–H groups in total. The summed E-state index contributed by atoms with van der Waals surface area (Å²) in [6.45, 7) is 4.16. The highest BCUT2D eigenvalue weighted by molar-refractivity contribution is 6.06. The van der Waals surface area contributed by atoms with Gasteiger partial charge in [-0.2, -0.15) is 0 Å². The SMILES string of the molecule is CCn1nnc2cc(C(=O)Nc3ccc(NC(C)=O)cc3)ccc21. The van der Waals surface area contributed by atoms with Gasteiger partial charge in [-0.25, -0.2) is 4.68 Å². The summed E-state index contributed by atoms with van der Waals surface area (Å²) in [5.41, 5.74) is 3.42. The highest BCUT2D eigenvalue weighted by Crippen LogP contribution is 2.17. The van der Waals surface area contributed by atoms with E-state index in [0.29, 0.717) is 22.5 Å². The number of aryl methyl sites for hydroxylation is 1. The Labute approximate surface area is 138 Å². The number of carbonyl (C=O) groups is 2. The summed E-state index contributed by atoms with van der Waals surface area (Å²) in [4.78, 5) is 23.4. The van der Waals surface area contributed by atoms with Gasteiger partial charge in [0, 0.05) is 30.4 Å². The summed E-state index contributed by atoms with van der Waals surface area (Å²) < 4.78 is 1.78. The minimum atomic E-state index is -0.227. The largest absolute Gasteiger partial charge is 0.326 e. The van der Waals surface area contributed by atoms with Crippen LogP contribution in [0, 0.1) is 0 Å². The second kappa shape index (κ2) is 6.49. The number of fused-ring (bicyclic) bond motifs is 1. The standard InChI is InChI=1S/C17H17N5O2/c1-3-22-16-9-4-12(10-15(16)20-21-22)17(24)19-14-7-5-13(6-8-14)18-11(2)23/h4-10H,3H2,1-2H3,(H,18,23)(H,19,24). The zero-order valence-electron chi connectivity index (χ0n) is 13.4. The van der Waals surface area contributed by atoms with E-state index >= 15 is 0 Å². The summed E-state index contributed by atoms with van der Waals surface area (Å²) in [6.07, 6.45) is 0. The first-order valence-corrected chi connectivity index (χ1v) is 7.59. The molecule has 0 saturated carbocycles. The second-order valence-corrected chi connectivity index (χ2v) is 5.32. The van der Waals surface area contributed by atoms with Gasteiger partial charge in [-0.05, 0) is 49.4 Å². The molecule has 1 aromatic heterocycles. The fourth-order valence-electron chi connectivity index (χ4n) is 2.39. The molecule has 7 heteroatoms. The third-order valence-electron chi connectivity index (χ3n) is 3.54. The zero-order valence-corrected chi connectivity index (χ0v) is 13.4. The maximum Gasteiger partial charge on any atom is 0.255 e. The minimum absolute atomic E-state index is 0.139. The molecule has 0 aliphatic carbocycles. The average Bonchev–Trinajstić information content (AvgIpc) is 2.98. The molecule has 0 atom stereocenters. The van der Waals surface area contributed by atoms with Crippen molar-refractivity contribution in [1.29, 1.82) is 0 Å². The van der Waals surface area contributed by atoms with Crippen molar-refractivity contribution in [2.45, 2.75) is 20.4 Å². The summed E-state index contributed by atoms with van der Waals surface area (Å²) in [7, 11) is 0. The van der Waals surface area contributed by atoms with Gasteiger partial charge in [-0.1, -0.05) is 5.21 Å². The van der Waals surface area contributed by atoms with Crippen molar-refractivity contribution in [2.75, 3.05) is 10.6 Å². The molecule has 0 unspecified atom stereocenters. The van der Waals surface area contributed by atoms with E-state index in [1.165, 1.54) is 6.92 Å². The van der Waals surface area contributed by atoms with Gasteiger partial charge in [-0.3, -0.25) is 9.59 Å². The van der Waals surface area contributed by atoms with Gasteiger partial charge in [0.25, 0.3) is 5.91 Å². The highest BCUT2D eigenvalue weighted by Gasteiger charge is 2.10. The Morgan fingerprint density at radius 3 is 2.33 bits per heavy atom. The van der Waals surface area contributed by atoms with Gasteiger partial charge in [0.2, 0.25) is 5.91 Å². The lowest BCUT2D eigenvalue weighted by Gasteiger charge is -2.07. The lowest BCUT2D eigenvalue weighted by Crippen LogP contribution is -2.12. The number of aromatic nitrogens is 3. The van der Waals surface area contributed by atoms with E-state index in [1.807, 2.05) is 13.0 Å². The van der Waals surface area contributed by atoms with Crippen molar-refractivity contribution in [3.8, 4) is 0 Å². The highest BCUT2D eigenvalue weighted by atomic mass is 16.2. The Balaban J connectivity index is 1.75. The molecule has 0 aliphatic rings. The molecule has 0 bridgehead atoms. The van der Waals surface area contributed by atoms with Gasteiger partial charge in [0.15, 0.2) is 0 Å². The summed E-state index contributed by atoms with van der Waals surface area (Å²) in [5.74, 6) is -0.365. The number of nitrogens with zero attached hydrogens (tertiary/aromatic N) is 3. The van der Waals surface area contributed by atoms with E-state index in [2.05, 4.69) is 20.9 Å². The molecule has 0 fully saturated rings. The number of benzene rings is 2. The predicted molar refractivity (Wildman–Crippen MR) is 91.9 cm³/mol. The Bertz CT molecular complexity index is 899. The van der Waals surface area contributed by atoms with E-state index in [-0.39, 0.29) is 11.8 Å². The number of hydrogen-bond donors (Lipinski definition) is 2. The third-order valence-corrected chi connectivity index (χ3v) is 3.54. The van der Waals surface area contributed by atoms with Crippen LogP contribution in [0.15, 0.2) is 42.5 Å². The number of rotatable bonds is 4. The van der Waals surface area contributed by atoms with E-state index in [0.717, 1.165) is 12.1 Å². The zero-order chi connectivity index (χ0) is 17.1. The lowest BCUT2D eigenvalue weighted by atomic mass is 10.1. The van der Waals surface area contributed by atoms with Crippen molar-refractivity contribution in [2.24, 2.45) is 0 Å². The van der Waals surface area contributed by atoms with Gasteiger partial charge in [0.05, 0.1) is 5.52 Å². The normalized spacial score (nSPS) is 10.6. The van der Waals surface area contributed by atoms with Crippen LogP contribution in [-0.2, 0) is 11.3 Å². The number of carbonyl (C=O) groups excluding carboxylic acids is 2. The van der Waals surface area contributed by atoms with Crippen LogP contribution >= 0.6 is 0 Å². The number of amides is 2. The van der Waals surface area contributed by atoms with Crippen molar-refractivity contribution >= 4 is 34.2 Å². The van der Waals surface area contributed by atoms with Crippen LogP contribution in [0.4, 0.5) is 11.4 Å². The van der Waals surface area contributed by atoms with E-state index in [1.54, 1.807) is 41.1 Å². The Hall–Kier alpha value is -3.22. The first-order valence-electron chi connectivity index (χ1n) is 7.59. The molecule has 2 aromatic carbocycles. The molecular weight excluding hydrogens is 306 g/mol. The summed E-state index contributed by atoms with van der Waals surface area (Å²) in [6, 6.07) is 12.2. The Morgan fingerprint density at radius 2 is 1.71 bits per heavy atom. The smallest absolute Gasteiger partial charge is 0.255 e. The summed E-state index contributed by atoms with van der Waals surface area (Å²) >= 11 is 0. The monoisotopic (exact) mass is 323 g/mol. The molecule has 0 saturated heterocycles. The fourth-order valence-corrected chi connectivity index (χ4v) is 2.39. The molecule has 0 aliphatic heterocycles. The van der Waals surface area contributed by atoms with Gasteiger partial charge in [0.1, 0.15) is 5.52 Å². The fraction of sp³-hybridized carbons (Fsp3) is 0.176. The first-order chi connectivity index (χ1) is 11.6. The van der Waals surface area contributed by atoms with Crippen molar-refractivity contribution < 1.29 is 9.59 Å². The first kappa shape index (κ1) is 15.7. The van der Waals surface area contributed by atoms with Gasteiger partial charge >= 0.3 is 0 Å². The van der Waals surface area contributed by atoms with E-state index in [4.69, 9.17) is 0 Å². The molecule has 0 radical (unpaired) electrons. The van der Waals surface area contributed by atoms with Crippen LogP contribution in [-0.4, -0.2) is 26.8 Å². The topological polar surface area (TPSA) is 88.9 Å². The Morgan fingerprint density at radius 1 is 1.04 bits per heavy atom. The van der Waals surface area contributed by atoms with Crippen LogP contribution < -0.4 is 10.6 Å². The average molecular weight is 323 g/mol. The molecule has 3 rings (SSSR count). The van der Waals surface area contributed by atoms with Gasteiger partial charge in [-0.15, -0.1) is 5.10 Å². The predicted octanol–water partition coefficient (Wildman–Crippen LogP) is 2.66. The molecular formula is C17H17N5O2. The van der Waals surface area contributed by atoms with Crippen molar-refractivity contribution in [3.05, 3.63) is 48.0 Å². The molecule has 0 spiro atoms. The molecule has 2 amide bonds. The van der Waals surface area contributed by atoms with E-state index < -0.39 is 0 Å². The second-order valence-electron chi connectivity index (χ2n) is 5.32. The summed E-state index contributed by atoms with van der Waals surface area (Å²) in [5, 5.41) is 13.6. The lowest BCUT2D eigenvalue weighted by molar-refractivity contribution is -0.114. The van der Waals surface area contributed by atoms with Crippen LogP contribution in [0.3, 0.4) is 0 Å². The molecule has 122 valence electrons. The van der Waals surface area contributed by atoms with Crippen LogP contribution in [0.5, 0.6) is 0 Å². The van der Waals surface area contributed by atoms with Crippen LogP contribution in [0.25, 0.3) is 11.0 Å². The van der Waals surface area contributed by atoms with E-state index in [9.17, 15) is 9.59 Å². The molecule has 3 aromatic rings.